The van der Waals surface area contributed by atoms with Crippen molar-refractivity contribution in [1.29, 1.82) is 0 Å². The van der Waals surface area contributed by atoms with Gasteiger partial charge in [-0.15, -0.1) is 0 Å². The molecule has 0 unspecified atom stereocenters. The SMILES string of the molecule is COc1ccc(Br)c2cc(C(=O)c3cc4c(Br)ccc(OC)c4oc3=O)c(=O)oc12. The van der Waals surface area contributed by atoms with Crippen LogP contribution in [0.5, 0.6) is 11.5 Å². The average molecular weight is 536 g/mol. The summed E-state index contributed by atoms with van der Waals surface area (Å²) in [5.41, 5.74) is -2.02. The van der Waals surface area contributed by atoms with Gasteiger partial charge in [-0.2, -0.15) is 0 Å². The molecule has 4 rings (SSSR count). The van der Waals surface area contributed by atoms with Crippen LogP contribution in [0.2, 0.25) is 0 Å². The van der Waals surface area contributed by atoms with E-state index in [0.717, 1.165) is 0 Å². The second kappa shape index (κ2) is 7.73. The van der Waals surface area contributed by atoms with E-state index in [-0.39, 0.29) is 22.3 Å². The zero-order valence-corrected chi connectivity index (χ0v) is 18.7. The van der Waals surface area contributed by atoms with Crippen LogP contribution < -0.4 is 20.7 Å². The Morgan fingerprint density at radius 2 is 1.17 bits per heavy atom. The van der Waals surface area contributed by atoms with Gasteiger partial charge in [-0.3, -0.25) is 4.79 Å². The first-order valence-corrected chi connectivity index (χ1v) is 10.1. The number of carbonyl (C=O) groups is 1. The number of methoxy groups -OCH3 is 2. The van der Waals surface area contributed by atoms with Gasteiger partial charge in [0.1, 0.15) is 11.1 Å². The Balaban J connectivity index is 1.96. The molecule has 0 fully saturated rings. The maximum absolute atomic E-state index is 13.1. The number of halogens is 2. The van der Waals surface area contributed by atoms with E-state index in [9.17, 15) is 14.4 Å². The smallest absolute Gasteiger partial charge is 0.347 e. The second-order valence-corrected chi connectivity index (χ2v) is 7.92. The summed E-state index contributed by atoms with van der Waals surface area (Å²) < 4.78 is 22.3. The lowest BCUT2D eigenvalue weighted by Gasteiger charge is -2.08. The van der Waals surface area contributed by atoms with Crippen molar-refractivity contribution < 1.29 is 23.1 Å². The molecular weight excluding hydrogens is 524 g/mol. The lowest BCUT2D eigenvalue weighted by atomic mass is 10.0. The standard InChI is InChI=1S/C21H12Br2O7/c1-27-15-5-3-13(22)9-7-11(20(25)29-18(9)15)17(24)12-8-10-14(23)4-6-16(28-2)19(10)30-21(12)26/h3-8H,1-2H3. The molecule has 0 spiro atoms. The number of carbonyl (C=O) groups excluding carboxylic acids is 1. The van der Waals surface area contributed by atoms with Crippen LogP contribution in [0.1, 0.15) is 15.9 Å². The average Bonchev–Trinajstić information content (AvgIpc) is 2.73. The molecule has 9 heteroatoms. The van der Waals surface area contributed by atoms with Gasteiger partial charge in [0.2, 0.25) is 5.78 Å². The van der Waals surface area contributed by atoms with E-state index in [0.29, 0.717) is 31.2 Å². The lowest BCUT2D eigenvalue weighted by Crippen LogP contribution is -2.21. The highest BCUT2D eigenvalue weighted by molar-refractivity contribution is 9.11. The Morgan fingerprint density at radius 3 is 1.53 bits per heavy atom. The molecule has 152 valence electrons. The number of hydrogen-bond acceptors (Lipinski definition) is 7. The Morgan fingerprint density at radius 1 is 0.767 bits per heavy atom. The van der Waals surface area contributed by atoms with Crippen molar-refractivity contribution in [2.24, 2.45) is 0 Å². The molecule has 0 amide bonds. The molecule has 2 aromatic carbocycles. The fraction of sp³-hybridized carbons (Fsp3) is 0.0952. The van der Waals surface area contributed by atoms with Gasteiger partial charge in [0.25, 0.3) is 0 Å². The number of ether oxygens (including phenoxy) is 2. The number of hydrogen-bond donors (Lipinski definition) is 0. The summed E-state index contributed by atoms with van der Waals surface area (Å²) in [5.74, 6) is -0.137. The Kier molecular flexibility index (Phi) is 5.25. The van der Waals surface area contributed by atoms with Crippen LogP contribution in [0, 0.1) is 0 Å². The Hall–Kier alpha value is -2.91. The maximum Gasteiger partial charge on any atom is 0.347 e. The van der Waals surface area contributed by atoms with Crippen molar-refractivity contribution in [3.8, 4) is 11.5 Å². The third-order valence-corrected chi connectivity index (χ3v) is 5.93. The topological polar surface area (TPSA) is 96.0 Å². The first-order valence-electron chi connectivity index (χ1n) is 8.51. The van der Waals surface area contributed by atoms with Crippen molar-refractivity contribution in [2.45, 2.75) is 0 Å². The van der Waals surface area contributed by atoms with Gasteiger partial charge in [-0.05, 0) is 36.4 Å². The molecule has 0 aliphatic heterocycles. The molecule has 0 saturated carbocycles. The summed E-state index contributed by atoms with van der Waals surface area (Å²) in [4.78, 5) is 38.2. The van der Waals surface area contributed by atoms with Crippen LogP contribution in [0.3, 0.4) is 0 Å². The molecule has 2 aromatic heterocycles. The minimum Gasteiger partial charge on any atom is -0.493 e. The first-order chi connectivity index (χ1) is 14.3. The van der Waals surface area contributed by atoms with E-state index in [1.54, 1.807) is 24.3 Å². The summed E-state index contributed by atoms with van der Waals surface area (Å²) in [6.45, 7) is 0. The van der Waals surface area contributed by atoms with E-state index < -0.39 is 17.0 Å². The number of ketones is 1. The van der Waals surface area contributed by atoms with Gasteiger partial charge >= 0.3 is 11.3 Å². The van der Waals surface area contributed by atoms with Crippen molar-refractivity contribution >= 4 is 59.6 Å². The molecule has 0 atom stereocenters. The third kappa shape index (κ3) is 3.23. The predicted octanol–water partition coefficient (Wildman–Crippen LogP) is 4.67. The molecule has 0 saturated heterocycles. The Bertz CT molecular complexity index is 1340. The predicted molar refractivity (Wildman–Crippen MR) is 117 cm³/mol. The van der Waals surface area contributed by atoms with E-state index in [4.69, 9.17) is 18.3 Å². The number of fused-ring (bicyclic) bond motifs is 2. The van der Waals surface area contributed by atoms with Crippen LogP contribution in [0.25, 0.3) is 21.9 Å². The molecule has 0 aliphatic rings. The van der Waals surface area contributed by atoms with Gasteiger partial charge in [0, 0.05) is 19.7 Å². The molecule has 0 aliphatic carbocycles. The Labute approximate surface area is 185 Å². The van der Waals surface area contributed by atoms with Crippen LogP contribution in [0.4, 0.5) is 0 Å². The highest BCUT2D eigenvalue weighted by Gasteiger charge is 2.23. The normalized spacial score (nSPS) is 11.1. The van der Waals surface area contributed by atoms with Crippen LogP contribution >= 0.6 is 31.9 Å². The fourth-order valence-corrected chi connectivity index (χ4v) is 3.93. The van der Waals surface area contributed by atoms with Crippen LogP contribution in [-0.4, -0.2) is 20.0 Å². The fourth-order valence-electron chi connectivity index (χ4n) is 3.08. The molecular formula is C21H12Br2O7. The van der Waals surface area contributed by atoms with Gasteiger partial charge in [-0.25, -0.2) is 9.59 Å². The van der Waals surface area contributed by atoms with Crippen LogP contribution in [0.15, 0.2) is 63.8 Å². The van der Waals surface area contributed by atoms with E-state index in [2.05, 4.69) is 31.9 Å². The zero-order valence-electron chi connectivity index (χ0n) is 15.6. The largest absolute Gasteiger partial charge is 0.493 e. The molecule has 7 nitrogen and oxygen atoms in total. The van der Waals surface area contributed by atoms with Crippen LogP contribution in [-0.2, 0) is 0 Å². The summed E-state index contributed by atoms with van der Waals surface area (Å²) in [5, 5.41) is 0.899. The molecule has 0 N–H and O–H groups in total. The summed E-state index contributed by atoms with van der Waals surface area (Å²) >= 11 is 6.74. The van der Waals surface area contributed by atoms with E-state index >= 15 is 0 Å². The molecule has 4 aromatic rings. The van der Waals surface area contributed by atoms with Crippen molar-refractivity contribution in [2.75, 3.05) is 14.2 Å². The monoisotopic (exact) mass is 534 g/mol. The molecule has 30 heavy (non-hydrogen) atoms. The molecule has 0 radical (unpaired) electrons. The van der Waals surface area contributed by atoms with Gasteiger partial charge < -0.3 is 18.3 Å². The van der Waals surface area contributed by atoms with E-state index in [1.165, 1.54) is 26.4 Å². The van der Waals surface area contributed by atoms with Gasteiger partial charge in [0.15, 0.2) is 22.7 Å². The van der Waals surface area contributed by atoms with Gasteiger partial charge in [0.05, 0.1) is 14.2 Å². The highest BCUT2D eigenvalue weighted by Crippen LogP contribution is 2.33. The maximum atomic E-state index is 13.1. The highest BCUT2D eigenvalue weighted by atomic mass is 79.9. The van der Waals surface area contributed by atoms with Crippen molar-refractivity contribution in [1.82, 2.24) is 0 Å². The summed E-state index contributed by atoms with van der Waals surface area (Å²) in [6.07, 6.45) is 0. The number of rotatable bonds is 4. The first kappa shape index (κ1) is 20.4. The number of benzene rings is 2. The van der Waals surface area contributed by atoms with Gasteiger partial charge in [-0.1, -0.05) is 31.9 Å². The zero-order chi connectivity index (χ0) is 21.6. The molecule has 0 bridgehead atoms. The summed E-state index contributed by atoms with van der Waals surface area (Å²) in [6, 6.07) is 9.37. The quantitative estimate of drug-likeness (QED) is 0.276. The van der Waals surface area contributed by atoms with E-state index in [1.807, 2.05) is 0 Å². The van der Waals surface area contributed by atoms with Crippen molar-refractivity contribution in [3.63, 3.8) is 0 Å². The second-order valence-electron chi connectivity index (χ2n) is 6.21. The van der Waals surface area contributed by atoms with Crippen molar-refractivity contribution in [3.05, 3.63) is 77.3 Å². The minimum atomic E-state index is -0.895. The lowest BCUT2D eigenvalue weighted by molar-refractivity contribution is 0.103. The third-order valence-electron chi connectivity index (χ3n) is 4.55. The molecule has 2 heterocycles. The minimum absolute atomic E-state index is 0.187. The summed E-state index contributed by atoms with van der Waals surface area (Å²) in [7, 11) is 2.88.